The normalized spacial score (nSPS) is 21.8. The lowest BCUT2D eigenvalue weighted by Crippen LogP contribution is -2.28. The summed E-state index contributed by atoms with van der Waals surface area (Å²) in [7, 11) is 0. The maximum Gasteiger partial charge on any atom is 0.224 e. The van der Waals surface area contributed by atoms with Gasteiger partial charge in [0.05, 0.1) is 0 Å². The number of hydrogen-bond donors (Lipinski definition) is 1. The van der Waals surface area contributed by atoms with Gasteiger partial charge in [0.15, 0.2) is 0 Å². The lowest BCUT2D eigenvalue weighted by Gasteiger charge is -2.18. The number of carbonyl (C=O) groups excluding carboxylic acids is 1. The largest absolute Gasteiger partial charge is 0.326 e. The zero-order valence-corrected chi connectivity index (χ0v) is 6.84. The van der Waals surface area contributed by atoms with Crippen molar-refractivity contribution in [2.45, 2.75) is 19.3 Å². The molecule has 1 amide bonds. The molecule has 0 radical (unpaired) electrons. The Morgan fingerprint density at radius 2 is 2.25 bits per heavy atom. The molecule has 1 saturated heterocycles. The maximum absolute atomic E-state index is 11.0. The van der Waals surface area contributed by atoms with Gasteiger partial charge in [-0.3, -0.25) is 4.79 Å². The van der Waals surface area contributed by atoms with Crippen LogP contribution in [0.2, 0.25) is 0 Å². The van der Waals surface area contributed by atoms with Crippen molar-refractivity contribution in [3.05, 3.63) is 35.6 Å². The van der Waals surface area contributed by atoms with E-state index in [1.165, 1.54) is 5.57 Å². The summed E-state index contributed by atoms with van der Waals surface area (Å²) in [6, 6.07) is 0. The summed E-state index contributed by atoms with van der Waals surface area (Å²) in [5.41, 5.74) is 2.26. The van der Waals surface area contributed by atoms with Gasteiger partial charge in [-0.15, -0.1) is 0 Å². The van der Waals surface area contributed by atoms with Crippen LogP contribution in [0.1, 0.15) is 19.3 Å². The molecular weight excluding hydrogens is 150 g/mol. The molecule has 0 saturated carbocycles. The molecule has 2 nitrogen and oxygen atoms in total. The third-order valence-electron chi connectivity index (χ3n) is 2.14. The van der Waals surface area contributed by atoms with Gasteiger partial charge in [0.1, 0.15) is 0 Å². The number of nitrogens with one attached hydrogen (secondary N) is 1. The molecule has 1 aliphatic carbocycles. The number of allylic oxidation sites excluding steroid dienone is 5. The Balaban J connectivity index is 2.28. The van der Waals surface area contributed by atoms with E-state index in [1.807, 2.05) is 12.2 Å². The van der Waals surface area contributed by atoms with E-state index in [4.69, 9.17) is 0 Å². The predicted octanol–water partition coefficient (Wildman–Crippen LogP) is 1.67. The first-order chi connectivity index (χ1) is 5.86. The third-order valence-corrected chi connectivity index (χ3v) is 2.14. The molecule has 0 aromatic carbocycles. The molecule has 62 valence electrons. The van der Waals surface area contributed by atoms with E-state index in [-0.39, 0.29) is 5.91 Å². The van der Waals surface area contributed by atoms with Crippen LogP contribution in [0.25, 0.3) is 0 Å². The van der Waals surface area contributed by atoms with Crippen LogP contribution in [0, 0.1) is 0 Å². The highest BCUT2D eigenvalue weighted by Crippen LogP contribution is 2.21. The van der Waals surface area contributed by atoms with E-state index in [9.17, 15) is 4.79 Å². The van der Waals surface area contributed by atoms with Crippen LogP contribution in [-0.2, 0) is 4.79 Å². The Hall–Kier alpha value is -1.31. The Kier molecular flexibility index (Phi) is 1.82. The van der Waals surface area contributed by atoms with Gasteiger partial charge in [0.2, 0.25) is 5.91 Å². The Labute approximate surface area is 71.7 Å². The smallest absolute Gasteiger partial charge is 0.224 e. The van der Waals surface area contributed by atoms with Crippen LogP contribution in [0.15, 0.2) is 35.6 Å². The molecule has 2 heteroatoms. The van der Waals surface area contributed by atoms with Gasteiger partial charge in [-0.25, -0.2) is 0 Å². The van der Waals surface area contributed by atoms with Gasteiger partial charge in [0.25, 0.3) is 0 Å². The summed E-state index contributed by atoms with van der Waals surface area (Å²) in [5, 5.41) is 2.86. The maximum atomic E-state index is 11.0. The third kappa shape index (κ3) is 1.33. The first-order valence-corrected chi connectivity index (χ1v) is 4.22. The van der Waals surface area contributed by atoms with Crippen molar-refractivity contribution in [2.75, 3.05) is 0 Å². The quantitative estimate of drug-likeness (QED) is 0.575. The van der Waals surface area contributed by atoms with Gasteiger partial charge in [0, 0.05) is 12.1 Å². The second kappa shape index (κ2) is 2.97. The van der Waals surface area contributed by atoms with Crippen molar-refractivity contribution in [1.82, 2.24) is 5.32 Å². The van der Waals surface area contributed by atoms with E-state index in [0.29, 0.717) is 6.42 Å². The molecule has 0 spiro atoms. The fourth-order valence-corrected chi connectivity index (χ4v) is 1.49. The molecule has 12 heavy (non-hydrogen) atoms. The molecule has 1 fully saturated rings. The molecule has 1 aliphatic heterocycles. The summed E-state index contributed by atoms with van der Waals surface area (Å²) >= 11 is 0. The monoisotopic (exact) mass is 161 g/mol. The summed E-state index contributed by atoms with van der Waals surface area (Å²) in [6.45, 7) is 0. The highest BCUT2D eigenvalue weighted by Gasteiger charge is 2.16. The molecule has 2 rings (SSSR count). The zero-order chi connectivity index (χ0) is 8.39. The van der Waals surface area contributed by atoms with Crippen molar-refractivity contribution in [1.29, 1.82) is 0 Å². The average Bonchev–Trinajstić information content (AvgIpc) is 2.28. The summed E-state index contributed by atoms with van der Waals surface area (Å²) in [6.07, 6.45) is 10.7. The van der Waals surface area contributed by atoms with Gasteiger partial charge in [-0.1, -0.05) is 18.2 Å². The van der Waals surface area contributed by atoms with Crippen LogP contribution in [0.4, 0.5) is 0 Å². The van der Waals surface area contributed by atoms with Crippen LogP contribution in [0.5, 0.6) is 0 Å². The number of rotatable bonds is 0. The van der Waals surface area contributed by atoms with Gasteiger partial charge < -0.3 is 5.32 Å². The van der Waals surface area contributed by atoms with Gasteiger partial charge in [-0.05, 0) is 24.5 Å². The molecule has 2 aliphatic rings. The number of carbonyl (C=O) groups is 1. The SMILES string of the molecule is O=C1CCC2=CCC=CC=C2N1. The van der Waals surface area contributed by atoms with Crippen LogP contribution in [-0.4, -0.2) is 5.91 Å². The Bertz CT molecular complexity index is 297. The van der Waals surface area contributed by atoms with E-state index < -0.39 is 0 Å². The second-order valence-corrected chi connectivity index (χ2v) is 3.02. The minimum absolute atomic E-state index is 0.133. The number of fused-ring (bicyclic) bond motifs is 1. The highest BCUT2D eigenvalue weighted by atomic mass is 16.1. The van der Waals surface area contributed by atoms with Crippen molar-refractivity contribution in [3.63, 3.8) is 0 Å². The van der Waals surface area contributed by atoms with E-state index >= 15 is 0 Å². The summed E-state index contributed by atoms with van der Waals surface area (Å²) in [4.78, 5) is 11.0. The zero-order valence-electron chi connectivity index (χ0n) is 6.84. The van der Waals surface area contributed by atoms with E-state index in [2.05, 4.69) is 17.5 Å². The fourth-order valence-electron chi connectivity index (χ4n) is 1.49. The van der Waals surface area contributed by atoms with Gasteiger partial charge in [-0.2, -0.15) is 0 Å². The van der Waals surface area contributed by atoms with Crippen molar-refractivity contribution < 1.29 is 4.79 Å². The average molecular weight is 161 g/mol. The van der Waals surface area contributed by atoms with Crippen molar-refractivity contribution in [3.8, 4) is 0 Å². The Morgan fingerprint density at radius 1 is 1.33 bits per heavy atom. The molecule has 1 heterocycles. The minimum atomic E-state index is 0.133. The number of amides is 1. The van der Waals surface area contributed by atoms with Crippen LogP contribution >= 0.6 is 0 Å². The van der Waals surface area contributed by atoms with Crippen molar-refractivity contribution in [2.24, 2.45) is 0 Å². The minimum Gasteiger partial charge on any atom is -0.326 e. The first kappa shape index (κ1) is 7.35. The predicted molar refractivity (Wildman–Crippen MR) is 47.3 cm³/mol. The number of piperidine rings is 1. The molecule has 0 atom stereocenters. The molecule has 1 N–H and O–H groups in total. The molecule has 0 aromatic rings. The standard InChI is InChI=1S/C10H11NO/c12-10-7-6-8-4-2-1-3-5-9(8)11-10/h1,3-5H,2,6-7H2,(H,11,12). The Morgan fingerprint density at radius 3 is 3.17 bits per heavy atom. The number of hydrogen-bond acceptors (Lipinski definition) is 1. The topological polar surface area (TPSA) is 29.1 Å². The second-order valence-electron chi connectivity index (χ2n) is 3.02. The molecule has 0 aromatic heterocycles. The lowest BCUT2D eigenvalue weighted by molar-refractivity contribution is -0.120. The van der Waals surface area contributed by atoms with E-state index in [1.54, 1.807) is 0 Å². The molecular formula is C10H11NO. The lowest BCUT2D eigenvalue weighted by atomic mass is 10.0. The van der Waals surface area contributed by atoms with Crippen molar-refractivity contribution >= 4 is 5.91 Å². The summed E-state index contributed by atoms with van der Waals surface area (Å²) < 4.78 is 0. The van der Waals surface area contributed by atoms with Crippen LogP contribution < -0.4 is 5.32 Å². The molecule has 0 unspecified atom stereocenters. The highest BCUT2D eigenvalue weighted by molar-refractivity contribution is 5.81. The fraction of sp³-hybridized carbons (Fsp3) is 0.300. The summed E-state index contributed by atoms with van der Waals surface area (Å²) in [5.74, 6) is 0.133. The molecule has 0 bridgehead atoms. The van der Waals surface area contributed by atoms with Crippen LogP contribution in [0.3, 0.4) is 0 Å². The van der Waals surface area contributed by atoms with Gasteiger partial charge >= 0.3 is 0 Å². The van der Waals surface area contributed by atoms with E-state index in [0.717, 1.165) is 18.5 Å². The first-order valence-electron chi connectivity index (χ1n) is 4.22.